The first-order valence-corrected chi connectivity index (χ1v) is 8.10. The molecule has 0 heterocycles. The van der Waals surface area contributed by atoms with Gasteiger partial charge in [0, 0.05) is 6.07 Å². The number of benzene rings is 2. The van der Waals surface area contributed by atoms with E-state index in [9.17, 15) is 9.18 Å². The second-order valence-electron chi connectivity index (χ2n) is 4.56. The molecule has 130 valence electrons. The fourth-order valence-corrected chi connectivity index (χ4v) is 2.55. The monoisotopic (exact) mass is 418 g/mol. The largest absolute Gasteiger partial charge is 0.496 e. The predicted molar refractivity (Wildman–Crippen MR) is 95.0 cm³/mol. The predicted octanol–water partition coefficient (Wildman–Crippen LogP) is 5.21. The van der Waals surface area contributed by atoms with Gasteiger partial charge in [-0.1, -0.05) is 30.7 Å². The van der Waals surface area contributed by atoms with Crippen LogP contribution in [0, 0.1) is 5.82 Å². The van der Waals surface area contributed by atoms with Crippen LogP contribution in [-0.4, -0.2) is 25.3 Å². The van der Waals surface area contributed by atoms with E-state index >= 15 is 0 Å². The molecule has 1 N–H and O–H groups in total. The van der Waals surface area contributed by atoms with Gasteiger partial charge in [-0.05, 0) is 40.0 Å². The standard InChI is InChI=1S/C9H9BrO4.C8H8ClF/c1-13-7-4-8(14-2)6(10)3-5(7)9(11)12;1-2-6-4-3-5-7(9)8(6)10/h3-4H,1-2H3,(H,11,12);3-5H,2H2,1H3. The molecule has 0 aliphatic heterocycles. The van der Waals surface area contributed by atoms with E-state index in [1.165, 1.54) is 26.4 Å². The number of ether oxygens (including phenoxy) is 2. The van der Waals surface area contributed by atoms with Crippen molar-refractivity contribution in [2.45, 2.75) is 13.3 Å². The van der Waals surface area contributed by atoms with Gasteiger partial charge in [0.1, 0.15) is 22.9 Å². The number of carboxylic acid groups (broad SMARTS) is 1. The fourth-order valence-electron chi connectivity index (χ4n) is 1.85. The van der Waals surface area contributed by atoms with E-state index in [-0.39, 0.29) is 22.2 Å². The lowest BCUT2D eigenvalue weighted by molar-refractivity contribution is 0.0693. The van der Waals surface area contributed by atoms with E-state index in [1.807, 2.05) is 6.92 Å². The van der Waals surface area contributed by atoms with E-state index in [4.69, 9.17) is 26.2 Å². The van der Waals surface area contributed by atoms with Crippen LogP contribution in [0.5, 0.6) is 11.5 Å². The number of halogens is 3. The highest BCUT2D eigenvalue weighted by Gasteiger charge is 2.14. The zero-order valence-electron chi connectivity index (χ0n) is 13.4. The summed E-state index contributed by atoms with van der Waals surface area (Å²) < 4.78 is 23.4. The molecule has 0 radical (unpaired) electrons. The third-order valence-electron chi connectivity index (χ3n) is 3.12. The van der Waals surface area contributed by atoms with Crippen LogP contribution in [0.25, 0.3) is 0 Å². The quantitative estimate of drug-likeness (QED) is 0.739. The highest BCUT2D eigenvalue weighted by Crippen LogP contribution is 2.32. The maximum absolute atomic E-state index is 12.9. The van der Waals surface area contributed by atoms with E-state index in [0.717, 1.165) is 0 Å². The number of methoxy groups -OCH3 is 2. The van der Waals surface area contributed by atoms with E-state index < -0.39 is 5.97 Å². The molecule has 0 unspecified atom stereocenters. The molecule has 0 aliphatic carbocycles. The van der Waals surface area contributed by atoms with Crippen LogP contribution in [-0.2, 0) is 6.42 Å². The van der Waals surface area contributed by atoms with Gasteiger partial charge in [0.2, 0.25) is 0 Å². The Labute approximate surface area is 153 Å². The van der Waals surface area contributed by atoms with Gasteiger partial charge in [0.05, 0.1) is 23.7 Å². The summed E-state index contributed by atoms with van der Waals surface area (Å²) in [6.45, 7) is 1.90. The molecule has 0 bridgehead atoms. The van der Waals surface area contributed by atoms with Crippen molar-refractivity contribution in [3.8, 4) is 11.5 Å². The highest BCUT2D eigenvalue weighted by molar-refractivity contribution is 9.10. The molecule has 0 spiro atoms. The molecular formula is C17H17BrClFO4. The number of hydrogen-bond donors (Lipinski definition) is 1. The lowest BCUT2D eigenvalue weighted by Gasteiger charge is -2.08. The van der Waals surface area contributed by atoms with Crippen molar-refractivity contribution in [1.29, 1.82) is 0 Å². The average Bonchev–Trinajstić information content (AvgIpc) is 2.57. The molecule has 2 aromatic rings. The Morgan fingerprint density at radius 1 is 1.25 bits per heavy atom. The molecule has 2 rings (SSSR count). The average molecular weight is 420 g/mol. The van der Waals surface area contributed by atoms with Gasteiger partial charge < -0.3 is 14.6 Å². The Morgan fingerprint density at radius 3 is 2.33 bits per heavy atom. The minimum absolute atomic E-state index is 0.0974. The number of carbonyl (C=O) groups is 1. The Morgan fingerprint density at radius 2 is 1.88 bits per heavy atom. The molecule has 7 heteroatoms. The summed E-state index contributed by atoms with van der Waals surface area (Å²) in [7, 11) is 2.91. The van der Waals surface area contributed by atoms with Gasteiger partial charge in [-0.25, -0.2) is 9.18 Å². The number of aromatic carboxylic acids is 1. The first-order chi connectivity index (χ1) is 11.3. The van der Waals surface area contributed by atoms with Crippen LogP contribution in [0.2, 0.25) is 5.02 Å². The van der Waals surface area contributed by atoms with Crippen LogP contribution in [0.4, 0.5) is 4.39 Å². The van der Waals surface area contributed by atoms with Crippen molar-refractivity contribution in [2.75, 3.05) is 14.2 Å². The van der Waals surface area contributed by atoms with Crippen molar-refractivity contribution < 1.29 is 23.8 Å². The van der Waals surface area contributed by atoms with Crippen molar-refractivity contribution in [3.63, 3.8) is 0 Å². The molecule has 0 saturated carbocycles. The maximum Gasteiger partial charge on any atom is 0.339 e. The Bertz CT molecular complexity index is 722. The van der Waals surface area contributed by atoms with Crippen molar-refractivity contribution >= 4 is 33.5 Å². The van der Waals surface area contributed by atoms with Gasteiger partial charge >= 0.3 is 5.97 Å². The van der Waals surface area contributed by atoms with E-state index in [0.29, 0.717) is 22.2 Å². The second kappa shape index (κ2) is 9.49. The lowest BCUT2D eigenvalue weighted by Crippen LogP contribution is -2.01. The number of rotatable bonds is 4. The summed E-state index contributed by atoms with van der Waals surface area (Å²) >= 11 is 8.71. The van der Waals surface area contributed by atoms with Gasteiger partial charge in [0.25, 0.3) is 0 Å². The second-order valence-corrected chi connectivity index (χ2v) is 5.82. The van der Waals surface area contributed by atoms with Gasteiger partial charge in [0.15, 0.2) is 0 Å². The van der Waals surface area contributed by atoms with Crippen LogP contribution >= 0.6 is 27.5 Å². The van der Waals surface area contributed by atoms with E-state index in [2.05, 4.69) is 15.9 Å². The molecule has 4 nitrogen and oxygen atoms in total. The van der Waals surface area contributed by atoms with Crippen molar-refractivity contribution in [2.24, 2.45) is 0 Å². The molecule has 0 atom stereocenters. The van der Waals surface area contributed by atoms with Gasteiger partial charge in [-0.15, -0.1) is 0 Å². The zero-order chi connectivity index (χ0) is 18.3. The smallest absolute Gasteiger partial charge is 0.339 e. The first-order valence-electron chi connectivity index (χ1n) is 6.93. The van der Waals surface area contributed by atoms with Crippen molar-refractivity contribution in [3.05, 3.63) is 56.8 Å². The maximum atomic E-state index is 12.9. The Kier molecular flexibility index (Phi) is 8.01. The van der Waals surface area contributed by atoms with Crippen LogP contribution in [0.15, 0.2) is 34.8 Å². The highest BCUT2D eigenvalue weighted by atomic mass is 79.9. The van der Waals surface area contributed by atoms with Crippen molar-refractivity contribution in [1.82, 2.24) is 0 Å². The molecule has 0 aliphatic rings. The normalized spacial score (nSPS) is 9.75. The molecule has 0 aromatic heterocycles. The van der Waals surface area contributed by atoms with Crippen LogP contribution < -0.4 is 9.47 Å². The summed E-state index contributed by atoms with van der Waals surface area (Å²) in [5, 5.41) is 9.05. The third-order valence-corrected chi connectivity index (χ3v) is 4.03. The SMILES string of the molecule is CCc1cccc(Cl)c1F.COc1cc(OC)c(C(=O)O)cc1Br. The molecule has 2 aromatic carbocycles. The minimum atomic E-state index is -1.04. The summed E-state index contributed by atoms with van der Waals surface area (Å²) in [6.07, 6.45) is 0.687. The molecule has 0 fully saturated rings. The number of carboxylic acids is 1. The first kappa shape index (κ1) is 20.3. The third kappa shape index (κ3) is 5.11. The summed E-state index contributed by atoms with van der Waals surface area (Å²) in [5.74, 6) is -0.513. The summed E-state index contributed by atoms with van der Waals surface area (Å²) in [5.41, 5.74) is 0.771. The molecule has 0 saturated heterocycles. The van der Waals surface area contributed by atoms with Crippen LogP contribution in [0.1, 0.15) is 22.8 Å². The Hall–Kier alpha value is -1.79. The van der Waals surface area contributed by atoms with Gasteiger partial charge in [-0.3, -0.25) is 0 Å². The Balaban J connectivity index is 0.000000254. The van der Waals surface area contributed by atoms with Gasteiger partial charge in [-0.2, -0.15) is 0 Å². The zero-order valence-corrected chi connectivity index (χ0v) is 15.7. The topological polar surface area (TPSA) is 55.8 Å². The fraction of sp³-hybridized carbons (Fsp3) is 0.235. The van der Waals surface area contributed by atoms with Crippen LogP contribution in [0.3, 0.4) is 0 Å². The number of aryl methyl sites for hydroxylation is 1. The molecule has 0 amide bonds. The molecular weight excluding hydrogens is 403 g/mol. The summed E-state index contributed by atoms with van der Waals surface area (Å²) in [4.78, 5) is 10.8. The number of hydrogen-bond acceptors (Lipinski definition) is 3. The summed E-state index contributed by atoms with van der Waals surface area (Å²) in [6, 6.07) is 8.01. The minimum Gasteiger partial charge on any atom is -0.496 e. The lowest BCUT2D eigenvalue weighted by atomic mass is 10.2. The van der Waals surface area contributed by atoms with E-state index in [1.54, 1.807) is 18.2 Å². The molecule has 24 heavy (non-hydrogen) atoms.